The molecule has 0 saturated carbocycles. The molecule has 2 nitrogen and oxygen atoms in total. The number of rotatable bonds is 4. The first-order chi connectivity index (χ1) is 9.75. The van der Waals surface area contributed by atoms with Crippen LogP contribution in [0.1, 0.15) is 18.1 Å². The van der Waals surface area contributed by atoms with E-state index in [1.807, 2.05) is 41.3 Å². The van der Waals surface area contributed by atoms with Gasteiger partial charge in [-0.05, 0) is 24.5 Å². The minimum absolute atomic E-state index is 0.140. The van der Waals surface area contributed by atoms with E-state index in [1.165, 1.54) is 11.1 Å². The van der Waals surface area contributed by atoms with E-state index in [2.05, 4.69) is 31.2 Å². The Hall–Kier alpha value is -2.09. The highest BCUT2D eigenvalue weighted by Crippen LogP contribution is 2.31. The van der Waals surface area contributed by atoms with Gasteiger partial charge in [-0.15, -0.1) is 0 Å². The van der Waals surface area contributed by atoms with Crippen LogP contribution in [0.15, 0.2) is 60.7 Å². The predicted molar refractivity (Wildman–Crippen MR) is 80.1 cm³/mol. The minimum atomic E-state index is 0.140. The summed E-state index contributed by atoms with van der Waals surface area (Å²) in [4.78, 5) is 14.3. The normalized spacial score (nSPS) is 21.6. The second kappa shape index (κ2) is 5.49. The van der Waals surface area contributed by atoms with Crippen molar-refractivity contribution in [2.24, 2.45) is 5.92 Å². The SMILES string of the molecule is C[C@H]1[C@@H](Cc2ccccc2)C(=O)N1Cc1ccccc1. The molecule has 0 radical (unpaired) electrons. The molecule has 2 aromatic rings. The smallest absolute Gasteiger partial charge is 0.228 e. The average molecular weight is 265 g/mol. The van der Waals surface area contributed by atoms with Crippen LogP contribution >= 0.6 is 0 Å². The van der Waals surface area contributed by atoms with Gasteiger partial charge in [0.25, 0.3) is 0 Å². The number of β-lactam (4-membered cyclic amide) rings is 1. The number of carbonyl (C=O) groups is 1. The maximum Gasteiger partial charge on any atom is 0.228 e. The fraction of sp³-hybridized carbons (Fsp3) is 0.278. The van der Waals surface area contributed by atoms with Gasteiger partial charge in [-0.25, -0.2) is 0 Å². The van der Waals surface area contributed by atoms with Crippen LogP contribution < -0.4 is 0 Å². The summed E-state index contributed by atoms with van der Waals surface area (Å²) in [5, 5.41) is 0. The van der Waals surface area contributed by atoms with Crippen LogP contribution in [0, 0.1) is 5.92 Å². The van der Waals surface area contributed by atoms with E-state index in [0.29, 0.717) is 6.04 Å². The lowest BCUT2D eigenvalue weighted by Crippen LogP contribution is -2.59. The third-order valence-corrected chi connectivity index (χ3v) is 4.17. The van der Waals surface area contributed by atoms with Crippen molar-refractivity contribution in [1.29, 1.82) is 0 Å². The van der Waals surface area contributed by atoms with Crippen LogP contribution in [0.5, 0.6) is 0 Å². The zero-order valence-electron chi connectivity index (χ0n) is 11.7. The summed E-state index contributed by atoms with van der Waals surface area (Å²) in [6, 6.07) is 20.8. The number of carbonyl (C=O) groups excluding carboxylic acids is 1. The Kier molecular flexibility index (Phi) is 3.55. The highest BCUT2D eigenvalue weighted by molar-refractivity contribution is 5.86. The van der Waals surface area contributed by atoms with E-state index in [0.717, 1.165) is 13.0 Å². The molecule has 1 fully saturated rings. The molecule has 3 rings (SSSR count). The van der Waals surface area contributed by atoms with E-state index in [-0.39, 0.29) is 11.8 Å². The van der Waals surface area contributed by atoms with Gasteiger partial charge in [0.15, 0.2) is 0 Å². The zero-order chi connectivity index (χ0) is 13.9. The molecular formula is C18H19NO. The van der Waals surface area contributed by atoms with Crippen LogP contribution in [0.2, 0.25) is 0 Å². The largest absolute Gasteiger partial charge is 0.335 e. The lowest BCUT2D eigenvalue weighted by Gasteiger charge is -2.45. The Morgan fingerprint density at radius 2 is 1.45 bits per heavy atom. The van der Waals surface area contributed by atoms with Gasteiger partial charge in [0, 0.05) is 12.6 Å². The molecule has 2 aromatic carbocycles. The topological polar surface area (TPSA) is 20.3 Å². The first kappa shape index (κ1) is 12.9. The van der Waals surface area contributed by atoms with Gasteiger partial charge < -0.3 is 4.90 Å². The lowest BCUT2D eigenvalue weighted by molar-refractivity contribution is -0.156. The molecule has 0 unspecified atom stereocenters. The molecule has 0 aromatic heterocycles. The molecule has 1 aliphatic rings. The van der Waals surface area contributed by atoms with Crippen molar-refractivity contribution in [3.63, 3.8) is 0 Å². The molecule has 0 N–H and O–H groups in total. The fourth-order valence-corrected chi connectivity index (χ4v) is 2.88. The van der Waals surface area contributed by atoms with Gasteiger partial charge in [0.1, 0.15) is 0 Å². The Labute approximate surface area is 120 Å². The minimum Gasteiger partial charge on any atom is -0.335 e. The molecule has 1 aliphatic heterocycles. The summed E-state index contributed by atoms with van der Waals surface area (Å²) >= 11 is 0. The quantitative estimate of drug-likeness (QED) is 0.777. The Morgan fingerprint density at radius 3 is 2.00 bits per heavy atom. The van der Waals surface area contributed by atoms with E-state index in [4.69, 9.17) is 0 Å². The van der Waals surface area contributed by atoms with Crippen molar-refractivity contribution < 1.29 is 4.79 Å². The molecule has 20 heavy (non-hydrogen) atoms. The Balaban J connectivity index is 1.63. The van der Waals surface area contributed by atoms with Crippen molar-refractivity contribution in [3.05, 3.63) is 71.8 Å². The van der Waals surface area contributed by atoms with E-state index < -0.39 is 0 Å². The van der Waals surface area contributed by atoms with E-state index >= 15 is 0 Å². The van der Waals surface area contributed by atoms with Crippen LogP contribution in [0.25, 0.3) is 0 Å². The van der Waals surface area contributed by atoms with Gasteiger partial charge in [-0.3, -0.25) is 4.79 Å². The summed E-state index contributed by atoms with van der Waals surface area (Å²) in [5.41, 5.74) is 2.45. The summed E-state index contributed by atoms with van der Waals surface area (Å²) in [6.45, 7) is 2.88. The number of hydrogen-bond acceptors (Lipinski definition) is 1. The molecule has 1 amide bonds. The number of likely N-dealkylation sites (tertiary alicyclic amines) is 1. The maximum absolute atomic E-state index is 12.3. The summed E-state index contributed by atoms with van der Waals surface area (Å²) < 4.78 is 0. The van der Waals surface area contributed by atoms with Gasteiger partial charge >= 0.3 is 0 Å². The summed E-state index contributed by atoms with van der Waals surface area (Å²) in [5.74, 6) is 0.423. The molecule has 1 saturated heterocycles. The molecule has 2 atom stereocenters. The average Bonchev–Trinajstić information content (AvgIpc) is 2.52. The molecular weight excluding hydrogens is 246 g/mol. The predicted octanol–water partition coefficient (Wildman–Crippen LogP) is 3.28. The first-order valence-corrected chi connectivity index (χ1v) is 7.14. The van der Waals surface area contributed by atoms with Crippen molar-refractivity contribution in [2.45, 2.75) is 25.9 Å². The van der Waals surface area contributed by atoms with Gasteiger partial charge in [0.05, 0.1) is 5.92 Å². The standard InChI is InChI=1S/C18H19NO/c1-14-17(12-15-8-4-2-5-9-15)18(20)19(14)13-16-10-6-3-7-11-16/h2-11,14,17H,12-13H2,1H3/t14-,17+/m0/s1. The number of hydrogen-bond donors (Lipinski definition) is 0. The molecule has 102 valence electrons. The summed E-state index contributed by atoms with van der Waals surface area (Å²) in [6.07, 6.45) is 0.853. The monoisotopic (exact) mass is 265 g/mol. The fourth-order valence-electron chi connectivity index (χ4n) is 2.88. The molecule has 2 heteroatoms. The number of benzene rings is 2. The number of amides is 1. The third kappa shape index (κ3) is 2.46. The maximum atomic E-state index is 12.3. The zero-order valence-corrected chi connectivity index (χ0v) is 11.7. The van der Waals surface area contributed by atoms with Crippen molar-refractivity contribution >= 4 is 5.91 Å². The van der Waals surface area contributed by atoms with Crippen molar-refractivity contribution in [1.82, 2.24) is 4.90 Å². The highest BCUT2D eigenvalue weighted by atomic mass is 16.2. The molecule has 0 bridgehead atoms. The summed E-state index contributed by atoms with van der Waals surface area (Å²) in [7, 11) is 0. The molecule has 0 spiro atoms. The Bertz CT molecular complexity index is 527. The van der Waals surface area contributed by atoms with E-state index in [9.17, 15) is 4.79 Å². The van der Waals surface area contributed by atoms with Gasteiger partial charge in [0.2, 0.25) is 5.91 Å². The molecule has 1 heterocycles. The second-order valence-corrected chi connectivity index (χ2v) is 5.49. The second-order valence-electron chi connectivity index (χ2n) is 5.49. The van der Waals surface area contributed by atoms with Crippen molar-refractivity contribution in [2.75, 3.05) is 0 Å². The van der Waals surface area contributed by atoms with Crippen LogP contribution in [-0.2, 0) is 17.8 Å². The molecule has 0 aliphatic carbocycles. The third-order valence-electron chi connectivity index (χ3n) is 4.17. The van der Waals surface area contributed by atoms with E-state index in [1.54, 1.807) is 0 Å². The Morgan fingerprint density at radius 1 is 0.900 bits per heavy atom. The van der Waals surface area contributed by atoms with Crippen LogP contribution in [0.4, 0.5) is 0 Å². The van der Waals surface area contributed by atoms with Crippen LogP contribution in [-0.4, -0.2) is 16.8 Å². The van der Waals surface area contributed by atoms with Crippen molar-refractivity contribution in [3.8, 4) is 0 Å². The number of nitrogens with zero attached hydrogens (tertiary/aromatic N) is 1. The van der Waals surface area contributed by atoms with Crippen LogP contribution in [0.3, 0.4) is 0 Å². The van der Waals surface area contributed by atoms with Gasteiger partial charge in [-0.2, -0.15) is 0 Å². The first-order valence-electron chi connectivity index (χ1n) is 7.14. The lowest BCUT2D eigenvalue weighted by atomic mass is 9.83. The van der Waals surface area contributed by atoms with Gasteiger partial charge in [-0.1, -0.05) is 60.7 Å². The highest BCUT2D eigenvalue weighted by Gasteiger charge is 2.43.